The molecule has 0 unspecified atom stereocenters. The molecule has 2 aliphatic carbocycles. The highest BCUT2D eigenvalue weighted by molar-refractivity contribution is 6.46. The summed E-state index contributed by atoms with van der Waals surface area (Å²) in [6.07, 6.45) is 20.4. The van der Waals surface area contributed by atoms with Gasteiger partial charge < -0.3 is 30.2 Å². The average molecular weight is 1350 g/mol. The predicted octanol–water partition coefficient (Wildman–Crippen LogP) is 9.71. The number of amides is 4. The lowest BCUT2D eigenvalue weighted by Crippen LogP contribution is -2.46. The molecule has 100 heavy (non-hydrogen) atoms. The monoisotopic (exact) mass is 1350 g/mol. The zero-order valence-electron chi connectivity index (χ0n) is 59.3. The largest absolute Gasteiger partial charge is 0.375 e. The number of pyridine rings is 2. The van der Waals surface area contributed by atoms with Gasteiger partial charge in [0.1, 0.15) is 23.1 Å². The summed E-state index contributed by atoms with van der Waals surface area (Å²) in [5, 5.41) is 24.2. The van der Waals surface area contributed by atoms with E-state index in [0.717, 1.165) is 94.4 Å². The van der Waals surface area contributed by atoms with E-state index in [1.54, 1.807) is 63.4 Å². The Balaban J connectivity index is 0.000000202. The number of anilines is 2. The maximum absolute atomic E-state index is 14.3. The summed E-state index contributed by atoms with van der Waals surface area (Å²) < 4.78 is 0. The number of allylic oxidation sites excluding steroid dienone is 2. The Bertz CT molecular complexity index is 4300. The van der Waals surface area contributed by atoms with Gasteiger partial charge in [-0.3, -0.25) is 59.1 Å². The average Bonchev–Trinajstić information content (AvgIpc) is 1.54. The van der Waals surface area contributed by atoms with Crippen LogP contribution in [0, 0.1) is 63.2 Å². The van der Waals surface area contributed by atoms with Gasteiger partial charge in [0.2, 0.25) is 23.6 Å². The van der Waals surface area contributed by atoms with Crippen LogP contribution in [0.15, 0.2) is 85.5 Å². The van der Waals surface area contributed by atoms with E-state index in [1.807, 2.05) is 97.3 Å². The van der Waals surface area contributed by atoms with E-state index < -0.39 is 17.9 Å². The minimum Gasteiger partial charge on any atom is -0.375 e. The third kappa shape index (κ3) is 15.8. The van der Waals surface area contributed by atoms with Gasteiger partial charge in [-0.2, -0.15) is 0 Å². The summed E-state index contributed by atoms with van der Waals surface area (Å²) in [4.78, 5) is 142. The first-order chi connectivity index (χ1) is 47.7. The molecule has 4 aliphatic heterocycles. The minimum absolute atomic E-state index is 0.0549. The lowest BCUT2D eigenvalue weighted by Gasteiger charge is -2.28. The molecule has 6 atom stereocenters. The van der Waals surface area contributed by atoms with Crippen LogP contribution in [-0.4, -0.2) is 172 Å². The number of fused-ring (bicyclic) bond motifs is 2. The normalized spacial score (nSPS) is 22.5. The Morgan fingerprint density at radius 3 is 1.38 bits per heavy atom. The fourth-order valence-corrected chi connectivity index (χ4v) is 15.3. The Labute approximate surface area is 585 Å². The second-order valence-electron chi connectivity index (χ2n) is 28.6. The molecule has 522 valence electrons. The fourth-order valence-electron chi connectivity index (χ4n) is 15.3. The molecule has 4 aromatic heterocycles. The van der Waals surface area contributed by atoms with Crippen molar-refractivity contribution in [2.75, 3.05) is 50.9 Å². The van der Waals surface area contributed by atoms with Crippen molar-refractivity contribution in [3.05, 3.63) is 153 Å². The molecule has 2 saturated carbocycles. The molecule has 22 heteroatoms. The molecule has 6 aromatic rings. The first kappa shape index (κ1) is 71.4. The zero-order valence-corrected chi connectivity index (χ0v) is 59.3. The molecular weight excluding hydrogens is 1260 g/mol. The van der Waals surface area contributed by atoms with E-state index in [9.17, 15) is 38.4 Å². The molecule has 2 aromatic carbocycles. The number of aryl methyl sites for hydroxylation is 7. The van der Waals surface area contributed by atoms with E-state index in [2.05, 4.69) is 40.5 Å². The molecule has 6 aliphatic rings. The number of hydrogen-bond acceptors (Lipinski definition) is 18. The Morgan fingerprint density at radius 1 is 0.510 bits per heavy atom. The number of Topliss-reactive ketones (excluding diaryl/α,β-unsaturated/α-hetero) is 4. The van der Waals surface area contributed by atoms with Crippen molar-refractivity contribution in [3.8, 4) is 22.3 Å². The summed E-state index contributed by atoms with van der Waals surface area (Å²) in [6, 6.07) is 13.7. The van der Waals surface area contributed by atoms with E-state index >= 15 is 0 Å². The van der Waals surface area contributed by atoms with Crippen LogP contribution in [0.4, 0.5) is 11.4 Å². The van der Waals surface area contributed by atoms with Gasteiger partial charge in [-0.15, -0.1) is 0 Å². The van der Waals surface area contributed by atoms with Crippen molar-refractivity contribution >= 4 is 69.6 Å². The smallest absolute Gasteiger partial charge is 0.242 e. The number of piperidine rings is 2. The maximum atomic E-state index is 14.3. The quantitative estimate of drug-likeness (QED) is 0.0654. The van der Waals surface area contributed by atoms with Gasteiger partial charge in [0, 0.05) is 147 Å². The number of hydrogen-bond donors (Lipinski definition) is 4. The van der Waals surface area contributed by atoms with E-state index in [1.165, 1.54) is 13.8 Å². The summed E-state index contributed by atoms with van der Waals surface area (Å²) in [6.45, 7) is 14.8. The molecule has 22 nitrogen and oxygen atoms in total. The highest BCUT2D eigenvalue weighted by Crippen LogP contribution is 2.61. The lowest BCUT2D eigenvalue weighted by molar-refractivity contribution is -0.137. The molecule has 4 amide bonds. The van der Waals surface area contributed by atoms with Crippen LogP contribution in [0.2, 0.25) is 0 Å². The minimum atomic E-state index is -0.645. The Hall–Kier alpha value is -9.86. The third-order valence-corrected chi connectivity index (χ3v) is 21.1. The van der Waals surface area contributed by atoms with Gasteiger partial charge in [-0.1, -0.05) is 37.1 Å². The first-order valence-electron chi connectivity index (χ1n) is 35.0. The van der Waals surface area contributed by atoms with Crippen LogP contribution in [0.3, 0.4) is 0 Å². The molecule has 0 radical (unpaired) electrons. The summed E-state index contributed by atoms with van der Waals surface area (Å²) in [5.74, 6) is 0.0388. The van der Waals surface area contributed by atoms with E-state index in [0.29, 0.717) is 110 Å². The van der Waals surface area contributed by atoms with Crippen LogP contribution < -0.4 is 10.6 Å². The number of nitrogens with one attached hydrogen (secondary N) is 4. The van der Waals surface area contributed by atoms with Gasteiger partial charge >= 0.3 is 0 Å². The van der Waals surface area contributed by atoms with Crippen molar-refractivity contribution < 1.29 is 38.4 Å². The number of carbonyl (C=O) groups excluding carboxylic acids is 8. The zero-order chi connectivity index (χ0) is 71.5. The molecule has 4 N–H and O–H groups in total. The number of nitrogens with zero attached hydrogens (tertiary/aromatic N) is 10. The van der Waals surface area contributed by atoms with Crippen molar-refractivity contribution in [2.24, 2.45) is 10.8 Å². The van der Waals surface area contributed by atoms with Crippen LogP contribution in [-0.2, 0) is 64.0 Å². The maximum Gasteiger partial charge on any atom is 0.242 e. The fraction of sp³-hybridized carbons (Fsp3) is 0.462. The van der Waals surface area contributed by atoms with Crippen LogP contribution >= 0.6 is 0 Å². The van der Waals surface area contributed by atoms with Crippen molar-refractivity contribution in [1.82, 2.24) is 49.5 Å². The van der Waals surface area contributed by atoms with Crippen molar-refractivity contribution in [2.45, 2.75) is 182 Å². The van der Waals surface area contributed by atoms with Crippen LogP contribution in [0.1, 0.15) is 159 Å². The van der Waals surface area contributed by atoms with Gasteiger partial charge in [0.25, 0.3) is 0 Å². The topological polar surface area (TPSA) is 299 Å². The Morgan fingerprint density at radius 2 is 0.930 bits per heavy atom. The third-order valence-electron chi connectivity index (χ3n) is 21.1. The summed E-state index contributed by atoms with van der Waals surface area (Å²) >= 11 is 0. The standard InChI is InChI=1S/C39H47N7O4.C39H45N7O4/c2*1-23-12-13-24(2)44-31(23)16-33(48)32-17-39-18-34(39)46(32)36(50)21-43-38-27(10-8-6-7-9-11-35(49)45(5)22-39)14-28(15-30(38)37(40)25(3)47)29-19-41-26(4)42-20-29/h12-15,19-20,32,34,40,43H,6-11,16-18,21-22H2,1-5H3;6,8,12-15,19-20,32,34,40,43H,7,9-11,16-18,21-22H2,1-5H3/t2*32-,34-,39+/m11/s1. The molecule has 8 heterocycles. The van der Waals surface area contributed by atoms with E-state index in [-0.39, 0.29) is 101 Å². The van der Waals surface area contributed by atoms with Crippen LogP contribution in [0.5, 0.6) is 0 Å². The molecule has 0 spiro atoms. The highest BCUT2D eigenvalue weighted by Gasteiger charge is 2.68. The molecule has 4 fully saturated rings. The van der Waals surface area contributed by atoms with Gasteiger partial charge in [-0.05, 0) is 176 Å². The molecular formula is C78H92N14O8. The Kier molecular flexibility index (Phi) is 21.4. The SMILES string of the molecule is CC(=O)C(=N)c1cc(-c2cnc(C)nc2)cc2c1NCC(=O)N1[C@@H](C(=O)Cc3nc(C)ccc3C)C[C@]3(C[C@@H]13)CN(C)C(=O)CCCC=CC2.CC(=O)C(=N)c1cc(-c2cnc(C)nc2)cc2c1NCC(=O)N1[C@@H](C(=O)Cc3nc(C)ccc3C)C[C@]3(C[C@@H]13)CN(C)C(=O)CCCCCC2. The van der Waals surface area contributed by atoms with Gasteiger partial charge in [0.15, 0.2) is 23.1 Å². The lowest BCUT2D eigenvalue weighted by atomic mass is 9.92. The number of carbonyl (C=O) groups is 8. The van der Waals surface area contributed by atoms with Crippen molar-refractivity contribution in [1.29, 1.82) is 10.8 Å². The first-order valence-corrected chi connectivity index (χ1v) is 35.0. The summed E-state index contributed by atoms with van der Waals surface area (Å²) in [5.41, 5.74) is 10.6. The molecule has 4 bridgehead atoms. The van der Waals surface area contributed by atoms with Gasteiger partial charge in [0.05, 0.1) is 49.4 Å². The summed E-state index contributed by atoms with van der Waals surface area (Å²) in [7, 11) is 3.65. The predicted molar refractivity (Wildman–Crippen MR) is 382 cm³/mol. The molecule has 12 rings (SSSR count). The number of benzene rings is 2. The highest BCUT2D eigenvalue weighted by atomic mass is 16.2. The van der Waals surface area contributed by atoms with Crippen molar-refractivity contribution in [3.63, 3.8) is 0 Å². The van der Waals surface area contributed by atoms with Crippen LogP contribution in [0.25, 0.3) is 22.3 Å². The second-order valence-corrected chi connectivity index (χ2v) is 28.6. The van der Waals surface area contributed by atoms with E-state index in [4.69, 9.17) is 10.8 Å². The number of ketones is 4. The second kappa shape index (κ2) is 29.9. The van der Waals surface area contributed by atoms with Gasteiger partial charge in [-0.25, -0.2) is 19.9 Å². The number of aromatic nitrogens is 6. The molecule has 2 saturated heterocycles. The number of rotatable bonds is 12.